The van der Waals surface area contributed by atoms with Crippen LogP contribution in [0.5, 0.6) is 0 Å². The third-order valence-corrected chi connectivity index (χ3v) is 5.89. The number of nitrogens with one attached hydrogen (secondary N) is 2. The molecule has 29 heavy (non-hydrogen) atoms. The Labute approximate surface area is 171 Å². The number of aliphatic hydroxyl groups excluding tert-OH is 1. The summed E-state index contributed by atoms with van der Waals surface area (Å²) in [5, 5.41) is 21.7. The number of para-hydroxylation sites is 2. The van der Waals surface area contributed by atoms with Crippen molar-refractivity contribution in [2.75, 3.05) is 13.1 Å². The SMILES string of the molecule is N=C1C(c2nc(-c3ccccc3)cs2)=C(O)CN1CCc1nc2ccccc2[nH]1. The number of hydrogen-bond donors (Lipinski definition) is 3. The maximum atomic E-state index is 10.5. The molecular formula is C22H19N5OS. The second-order valence-corrected chi connectivity index (χ2v) is 7.80. The molecule has 2 aromatic carbocycles. The number of amidine groups is 1. The molecule has 0 saturated carbocycles. The van der Waals surface area contributed by atoms with Crippen molar-refractivity contribution in [3.05, 3.63) is 76.6 Å². The molecule has 0 amide bonds. The van der Waals surface area contributed by atoms with Crippen molar-refractivity contribution >= 4 is 33.8 Å². The van der Waals surface area contributed by atoms with Gasteiger partial charge in [0, 0.05) is 23.9 Å². The van der Waals surface area contributed by atoms with Crippen molar-refractivity contribution in [1.82, 2.24) is 19.9 Å². The molecule has 0 aliphatic carbocycles. The average Bonchev–Trinajstić information content (AvgIpc) is 3.44. The normalized spacial score (nSPS) is 14.3. The highest BCUT2D eigenvalue weighted by atomic mass is 32.1. The average molecular weight is 401 g/mol. The number of benzene rings is 2. The summed E-state index contributed by atoms with van der Waals surface area (Å²) in [6, 6.07) is 17.9. The maximum absolute atomic E-state index is 10.5. The molecule has 7 heteroatoms. The van der Waals surface area contributed by atoms with Gasteiger partial charge in [0.05, 0.1) is 28.8 Å². The summed E-state index contributed by atoms with van der Waals surface area (Å²) in [7, 11) is 0. The number of aromatic amines is 1. The predicted molar refractivity (Wildman–Crippen MR) is 116 cm³/mol. The molecule has 5 rings (SSSR count). The van der Waals surface area contributed by atoms with Gasteiger partial charge in [0.25, 0.3) is 0 Å². The minimum Gasteiger partial charge on any atom is -0.510 e. The number of thiazole rings is 1. The molecule has 1 aliphatic rings. The molecule has 0 saturated heterocycles. The number of hydrogen-bond acceptors (Lipinski definition) is 5. The van der Waals surface area contributed by atoms with Gasteiger partial charge in [-0.05, 0) is 12.1 Å². The molecule has 6 nitrogen and oxygen atoms in total. The minimum atomic E-state index is 0.202. The molecule has 1 aliphatic heterocycles. The number of aliphatic hydroxyl groups is 1. The van der Waals surface area contributed by atoms with Gasteiger partial charge in [0.15, 0.2) is 0 Å². The molecule has 3 heterocycles. The Morgan fingerprint density at radius 1 is 1.07 bits per heavy atom. The molecule has 2 aromatic heterocycles. The van der Waals surface area contributed by atoms with Crippen LogP contribution in [-0.2, 0) is 6.42 Å². The Bertz CT molecular complexity index is 1190. The Hall–Kier alpha value is -3.45. The van der Waals surface area contributed by atoms with Crippen LogP contribution in [0.3, 0.4) is 0 Å². The van der Waals surface area contributed by atoms with Gasteiger partial charge < -0.3 is 15.0 Å². The second-order valence-electron chi connectivity index (χ2n) is 6.95. The van der Waals surface area contributed by atoms with E-state index in [-0.39, 0.29) is 5.76 Å². The lowest BCUT2D eigenvalue weighted by molar-refractivity contribution is 0.350. The number of imidazole rings is 1. The largest absolute Gasteiger partial charge is 0.510 e. The summed E-state index contributed by atoms with van der Waals surface area (Å²) >= 11 is 1.45. The van der Waals surface area contributed by atoms with Crippen LogP contribution in [0.1, 0.15) is 10.8 Å². The number of fused-ring (bicyclic) bond motifs is 1. The van der Waals surface area contributed by atoms with Crippen molar-refractivity contribution in [3.63, 3.8) is 0 Å². The van der Waals surface area contributed by atoms with E-state index in [4.69, 9.17) is 5.41 Å². The lowest BCUT2D eigenvalue weighted by atomic mass is 10.2. The highest BCUT2D eigenvalue weighted by Crippen LogP contribution is 2.32. The van der Waals surface area contributed by atoms with Gasteiger partial charge in [-0.1, -0.05) is 42.5 Å². The third kappa shape index (κ3) is 3.30. The van der Waals surface area contributed by atoms with Crippen LogP contribution in [0.2, 0.25) is 0 Å². The molecule has 4 aromatic rings. The highest BCUT2D eigenvalue weighted by Gasteiger charge is 2.30. The van der Waals surface area contributed by atoms with Crippen molar-refractivity contribution in [3.8, 4) is 11.3 Å². The fourth-order valence-electron chi connectivity index (χ4n) is 3.54. The lowest BCUT2D eigenvalue weighted by Gasteiger charge is -2.17. The number of rotatable bonds is 5. The summed E-state index contributed by atoms with van der Waals surface area (Å²) in [6.45, 7) is 0.928. The standard InChI is InChI=1S/C22H19N5OS/c23-21-20(22-26-17(13-29-22)14-6-2-1-3-7-14)18(28)12-27(21)11-10-19-24-15-8-4-5-9-16(15)25-19/h1-9,13,23,28H,10-12H2,(H,24,25). The van der Waals surface area contributed by atoms with Crippen LogP contribution < -0.4 is 0 Å². The van der Waals surface area contributed by atoms with Crippen molar-refractivity contribution in [1.29, 1.82) is 5.41 Å². The Morgan fingerprint density at radius 3 is 2.69 bits per heavy atom. The molecule has 0 fully saturated rings. The molecule has 0 radical (unpaired) electrons. The second kappa shape index (κ2) is 7.18. The van der Waals surface area contributed by atoms with Crippen molar-refractivity contribution < 1.29 is 5.11 Å². The Balaban J connectivity index is 1.31. The van der Waals surface area contributed by atoms with Gasteiger partial charge >= 0.3 is 0 Å². The van der Waals surface area contributed by atoms with Crippen LogP contribution in [0.4, 0.5) is 0 Å². The molecule has 144 valence electrons. The first-order valence-corrected chi connectivity index (χ1v) is 10.3. The molecule has 0 bridgehead atoms. The highest BCUT2D eigenvalue weighted by molar-refractivity contribution is 7.11. The number of nitrogens with zero attached hydrogens (tertiary/aromatic N) is 3. The summed E-state index contributed by atoms with van der Waals surface area (Å²) in [6.07, 6.45) is 0.671. The van der Waals surface area contributed by atoms with E-state index >= 15 is 0 Å². The van der Waals surface area contributed by atoms with Crippen LogP contribution in [0.15, 0.2) is 65.7 Å². The fourth-order valence-corrected chi connectivity index (χ4v) is 4.44. The quantitative estimate of drug-likeness (QED) is 0.460. The molecule has 0 unspecified atom stereocenters. The van der Waals surface area contributed by atoms with E-state index in [1.807, 2.05) is 64.9 Å². The van der Waals surface area contributed by atoms with Crippen LogP contribution in [0.25, 0.3) is 27.9 Å². The predicted octanol–water partition coefficient (Wildman–Crippen LogP) is 4.49. The van der Waals surface area contributed by atoms with Gasteiger partial charge in [0.1, 0.15) is 22.4 Å². The van der Waals surface area contributed by atoms with E-state index in [1.54, 1.807) is 0 Å². The zero-order chi connectivity index (χ0) is 19.8. The maximum Gasteiger partial charge on any atom is 0.135 e. The summed E-state index contributed by atoms with van der Waals surface area (Å²) in [5.41, 5.74) is 4.37. The van der Waals surface area contributed by atoms with E-state index in [9.17, 15) is 5.11 Å². The van der Waals surface area contributed by atoms with Crippen molar-refractivity contribution in [2.45, 2.75) is 6.42 Å². The number of H-pyrrole nitrogens is 1. The van der Waals surface area contributed by atoms with Crippen LogP contribution >= 0.6 is 11.3 Å². The first kappa shape index (κ1) is 17.6. The first-order valence-electron chi connectivity index (χ1n) is 9.40. The summed E-state index contributed by atoms with van der Waals surface area (Å²) < 4.78 is 0. The fraction of sp³-hybridized carbons (Fsp3) is 0.136. The smallest absolute Gasteiger partial charge is 0.135 e. The van der Waals surface area contributed by atoms with Gasteiger partial charge in [-0.2, -0.15) is 0 Å². The van der Waals surface area contributed by atoms with Gasteiger partial charge in [0.2, 0.25) is 0 Å². The van der Waals surface area contributed by atoms with Gasteiger partial charge in [-0.15, -0.1) is 11.3 Å². The molecule has 3 N–H and O–H groups in total. The van der Waals surface area contributed by atoms with E-state index in [1.165, 1.54) is 11.3 Å². The van der Waals surface area contributed by atoms with Crippen molar-refractivity contribution in [2.24, 2.45) is 0 Å². The number of aromatic nitrogens is 3. The Morgan fingerprint density at radius 2 is 1.86 bits per heavy atom. The first-order chi connectivity index (χ1) is 14.2. The summed E-state index contributed by atoms with van der Waals surface area (Å²) in [4.78, 5) is 14.4. The van der Waals surface area contributed by atoms with Gasteiger partial charge in [-0.3, -0.25) is 5.41 Å². The topological polar surface area (TPSA) is 88.9 Å². The molecule has 0 atom stereocenters. The third-order valence-electron chi connectivity index (χ3n) is 5.03. The zero-order valence-corrected chi connectivity index (χ0v) is 16.4. The molecular weight excluding hydrogens is 382 g/mol. The van der Waals surface area contributed by atoms with E-state index in [0.717, 1.165) is 28.1 Å². The van der Waals surface area contributed by atoms with E-state index < -0.39 is 0 Å². The van der Waals surface area contributed by atoms with Crippen LogP contribution in [-0.4, -0.2) is 43.9 Å². The van der Waals surface area contributed by atoms with Crippen LogP contribution in [0, 0.1) is 5.41 Å². The Kier molecular flexibility index (Phi) is 4.37. The summed E-state index contributed by atoms with van der Waals surface area (Å²) in [5.74, 6) is 1.40. The minimum absolute atomic E-state index is 0.202. The van der Waals surface area contributed by atoms with E-state index in [0.29, 0.717) is 35.9 Å². The lowest BCUT2D eigenvalue weighted by Crippen LogP contribution is -2.29. The molecule has 0 spiro atoms. The van der Waals surface area contributed by atoms with E-state index in [2.05, 4.69) is 15.0 Å². The van der Waals surface area contributed by atoms with Gasteiger partial charge in [-0.25, -0.2) is 9.97 Å². The zero-order valence-electron chi connectivity index (χ0n) is 15.6. The monoisotopic (exact) mass is 401 g/mol.